The average Bonchev–Trinajstić information content (AvgIpc) is 2.63. The molecule has 2 aromatic rings. The number of hydrogen-bond acceptors (Lipinski definition) is 4. The van der Waals surface area contributed by atoms with Crippen molar-refractivity contribution in [2.24, 2.45) is 0 Å². The van der Waals surface area contributed by atoms with Crippen LogP contribution in [-0.4, -0.2) is 25.2 Å². The smallest absolute Gasteiger partial charge is 0.238 e. The molecule has 0 aliphatic heterocycles. The van der Waals surface area contributed by atoms with Gasteiger partial charge in [-0.2, -0.15) is 5.21 Å². The maximum atomic E-state index is 4.94. The molecule has 0 saturated heterocycles. The summed E-state index contributed by atoms with van der Waals surface area (Å²) < 4.78 is 2.20. The summed E-state index contributed by atoms with van der Waals surface area (Å²) in [7, 11) is 0. The third-order valence-electron chi connectivity index (χ3n) is 1.88. The zero-order valence-corrected chi connectivity index (χ0v) is 8.24. The number of aromatic amines is 1. The minimum Gasteiger partial charge on any atom is -0.264 e. The van der Waals surface area contributed by atoms with Gasteiger partial charge in [-0.3, -0.25) is 4.98 Å². The van der Waals surface area contributed by atoms with E-state index >= 15 is 0 Å². The summed E-state index contributed by atoms with van der Waals surface area (Å²) >= 11 is 4.94. The van der Waals surface area contributed by atoms with E-state index in [4.69, 9.17) is 12.2 Å². The van der Waals surface area contributed by atoms with Gasteiger partial charge in [-0.05, 0) is 30.3 Å². The minimum absolute atomic E-state index is 0.480. The molecule has 2 heterocycles. The van der Waals surface area contributed by atoms with Crippen LogP contribution in [0.3, 0.4) is 0 Å². The summed E-state index contributed by atoms with van der Waals surface area (Å²) in [6, 6.07) is 3.94. The Hall–Kier alpha value is -1.56. The van der Waals surface area contributed by atoms with Gasteiger partial charge >= 0.3 is 0 Å². The fourth-order valence-electron chi connectivity index (χ4n) is 1.15. The fourth-order valence-corrected chi connectivity index (χ4v) is 1.32. The van der Waals surface area contributed by atoms with Crippen LogP contribution < -0.4 is 0 Å². The average molecular weight is 207 g/mol. The first-order chi connectivity index (χ1) is 6.86. The Labute approximate surface area is 85.8 Å². The van der Waals surface area contributed by atoms with Gasteiger partial charge in [-0.1, -0.05) is 16.4 Å². The molecule has 0 bridgehead atoms. The molecule has 2 rings (SSSR count). The van der Waals surface area contributed by atoms with E-state index in [-0.39, 0.29) is 0 Å². The van der Waals surface area contributed by atoms with Crippen molar-refractivity contribution < 1.29 is 0 Å². The first-order valence-corrected chi connectivity index (χ1v) is 4.64. The third-order valence-corrected chi connectivity index (χ3v) is 2.18. The number of hydrogen-bond donors (Lipinski definition) is 1. The van der Waals surface area contributed by atoms with E-state index < -0.39 is 0 Å². The van der Waals surface area contributed by atoms with Crippen molar-refractivity contribution in [2.75, 3.05) is 0 Å². The maximum absolute atomic E-state index is 4.94. The van der Waals surface area contributed by atoms with Gasteiger partial charge in [-0.25, -0.2) is 4.68 Å². The Bertz CT molecular complexity index is 446. The highest BCUT2D eigenvalue weighted by Crippen LogP contribution is 1.98. The molecule has 0 radical (unpaired) electrons. The molecular formula is C8H9N5S. The Morgan fingerprint density at radius 1 is 1.50 bits per heavy atom. The van der Waals surface area contributed by atoms with Crippen LogP contribution in [0.2, 0.25) is 0 Å². The molecule has 1 N–H and O–H groups in total. The highest BCUT2D eigenvalue weighted by Gasteiger charge is 1.96. The Kier molecular flexibility index (Phi) is 2.64. The van der Waals surface area contributed by atoms with E-state index in [9.17, 15) is 0 Å². The number of nitrogens with zero attached hydrogens (tertiary/aromatic N) is 4. The number of aryl methyl sites for hydroxylation is 2. The Balaban J connectivity index is 2.02. The second-order valence-electron chi connectivity index (χ2n) is 2.85. The van der Waals surface area contributed by atoms with Crippen LogP contribution in [0.15, 0.2) is 24.5 Å². The molecule has 0 aliphatic carbocycles. The van der Waals surface area contributed by atoms with Gasteiger partial charge in [-0.15, -0.1) is 0 Å². The second-order valence-corrected chi connectivity index (χ2v) is 3.21. The molecular weight excluding hydrogens is 198 g/mol. The minimum atomic E-state index is 0.480. The Morgan fingerprint density at radius 2 is 2.43 bits per heavy atom. The highest BCUT2D eigenvalue weighted by molar-refractivity contribution is 7.71. The second kappa shape index (κ2) is 4.10. The van der Waals surface area contributed by atoms with Crippen molar-refractivity contribution in [3.8, 4) is 0 Å². The number of nitrogens with one attached hydrogen (secondary N) is 1. The molecule has 0 fully saturated rings. The van der Waals surface area contributed by atoms with Crippen LogP contribution in [0.25, 0.3) is 0 Å². The van der Waals surface area contributed by atoms with E-state index in [0.717, 1.165) is 13.0 Å². The predicted molar refractivity (Wildman–Crippen MR) is 53.1 cm³/mol. The normalized spacial score (nSPS) is 10.3. The van der Waals surface area contributed by atoms with Crippen LogP contribution in [0.4, 0.5) is 0 Å². The standard InChI is InChI=1S/C8H9N5S/c14-8-10-11-12-13(8)5-3-7-2-1-4-9-6-7/h1-2,4,6H,3,5H2,(H,10,12,14). The number of aromatic nitrogens is 5. The van der Waals surface area contributed by atoms with Crippen LogP contribution in [0.1, 0.15) is 5.56 Å². The molecule has 0 spiro atoms. The van der Waals surface area contributed by atoms with E-state index in [1.54, 1.807) is 10.9 Å². The highest BCUT2D eigenvalue weighted by atomic mass is 32.1. The van der Waals surface area contributed by atoms with Gasteiger partial charge in [0.25, 0.3) is 0 Å². The predicted octanol–water partition coefficient (Wildman–Crippen LogP) is 0.973. The van der Waals surface area contributed by atoms with Crippen molar-refractivity contribution in [1.82, 2.24) is 25.2 Å². The van der Waals surface area contributed by atoms with Gasteiger partial charge in [0.1, 0.15) is 0 Å². The lowest BCUT2D eigenvalue weighted by molar-refractivity contribution is 0.582. The molecule has 0 amide bonds. The molecule has 5 nitrogen and oxygen atoms in total. The van der Waals surface area contributed by atoms with E-state index in [1.807, 2.05) is 18.3 Å². The zero-order chi connectivity index (χ0) is 9.80. The van der Waals surface area contributed by atoms with E-state index in [1.165, 1.54) is 5.56 Å². The summed E-state index contributed by atoms with van der Waals surface area (Å²) in [4.78, 5) is 4.03. The van der Waals surface area contributed by atoms with Gasteiger partial charge < -0.3 is 0 Å². The molecule has 2 aromatic heterocycles. The molecule has 72 valence electrons. The van der Waals surface area contributed by atoms with E-state index in [0.29, 0.717) is 4.77 Å². The van der Waals surface area contributed by atoms with E-state index in [2.05, 4.69) is 20.5 Å². The number of pyridine rings is 1. The van der Waals surface area contributed by atoms with Crippen LogP contribution in [0.5, 0.6) is 0 Å². The van der Waals surface area contributed by atoms with Gasteiger partial charge in [0.2, 0.25) is 4.77 Å². The molecule has 0 atom stereocenters. The lowest BCUT2D eigenvalue weighted by atomic mass is 10.2. The van der Waals surface area contributed by atoms with Crippen LogP contribution in [-0.2, 0) is 13.0 Å². The van der Waals surface area contributed by atoms with Crippen LogP contribution >= 0.6 is 12.2 Å². The van der Waals surface area contributed by atoms with Crippen molar-refractivity contribution in [2.45, 2.75) is 13.0 Å². The van der Waals surface area contributed by atoms with Crippen molar-refractivity contribution in [1.29, 1.82) is 0 Å². The lowest BCUT2D eigenvalue weighted by Crippen LogP contribution is -2.03. The molecule has 0 unspecified atom stereocenters. The third kappa shape index (κ3) is 2.02. The van der Waals surface area contributed by atoms with Gasteiger partial charge in [0, 0.05) is 18.9 Å². The van der Waals surface area contributed by atoms with Gasteiger partial charge in [0.05, 0.1) is 0 Å². The monoisotopic (exact) mass is 207 g/mol. The summed E-state index contributed by atoms with van der Waals surface area (Å²) in [6.07, 6.45) is 4.46. The van der Waals surface area contributed by atoms with Crippen molar-refractivity contribution >= 4 is 12.2 Å². The lowest BCUT2D eigenvalue weighted by Gasteiger charge is -2.00. The summed E-state index contributed by atoms with van der Waals surface area (Å²) in [5.74, 6) is 0. The number of rotatable bonds is 3. The van der Waals surface area contributed by atoms with Crippen LogP contribution in [0, 0.1) is 4.77 Å². The molecule has 6 heteroatoms. The molecule has 0 aromatic carbocycles. The maximum Gasteiger partial charge on any atom is 0.238 e. The van der Waals surface area contributed by atoms with Crippen molar-refractivity contribution in [3.05, 3.63) is 34.9 Å². The fraction of sp³-hybridized carbons (Fsp3) is 0.250. The summed E-state index contributed by atoms with van der Waals surface area (Å²) in [6.45, 7) is 0.748. The first-order valence-electron chi connectivity index (χ1n) is 4.23. The molecule has 14 heavy (non-hydrogen) atoms. The van der Waals surface area contributed by atoms with Crippen molar-refractivity contribution in [3.63, 3.8) is 0 Å². The summed E-state index contributed by atoms with van der Waals surface area (Å²) in [5.41, 5.74) is 1.17. The first kappa shape index (κ1) is 9.01. The number of H-pyrrole nitrogens is 1. The van der Waals surface area contributed by atoms with Gasteiger partial charge in [0.15, 0.2) is 0 Å². The largest absolute Gasteiger partial charge is 0.264 e. The Morgan fingerprint density at radius 3 is 3.07 bits per heavy atom. The SMILES string of the molecule is S=c1nn[nH]n1CCc1cccnc1. The quantitative estimate of drug-likeness (QED) is 0.762. The number of tetrazole rings is 1. The molecule has 0 saturated carbocycles. The molecule has 0 aliphatic rings. The summed E-state index contributed by atoms with van der Waals surface area (Å²) in [5, 5.41) is 9.99. The zero-order valence-electron chi connectivity index (χ0n) is 7.42. The topological polar surface area (TPSA) is 59.4 Å².